The molecule has 0 unspecified atom stereocenters. The number of anilines is 2. The van der Waals surface area contributed by atoms with Gasteiger partial charge < -0.3 is 5.32 Å². The van der Waals surface area contributed by atoms with E-state index in [-0.39, 0.29) is 0 Å². The normalized spacial score (nSPS) is 11.2. The van der Waals surface area contributed by atoms with Gasteiger partial charge in [-0.2, -0.15) is 13.2 Å². The lowest BCUT2D eigenvalue weighted by atomic mass is 10.3. The standard InChI is InChI=1S/C11H8F3N3/c12-11(13,14)10-15-6-9(7-16-10)17-8-4-2-1-3-5-8/h1-7,17H. The molecule has 0 saturated heterocycles. The SMILES string of the molecule is FC(F)(F)c1ncc(Nc2ccccc2)cn1. The van der Waals surface area contributed by atoms with Gasteiger partial charge in [0.15, 0.2) is 0 Å². The smallest absolute Gasteiger partial charge is 0.353 e. The van der Waals surface area contributed by atoms with Crippen LogP contribution >= 0.6 is 0 Å². The Hall–Kier alpha value is -2.11. The van der Waals surface area contributed by atoms with Crippen molar-refractivity contribution in [3.63, 3.8) is 0 Å². The molecular formula is C11H8F3N3. The van der Waals surface area contributed by atoms with Crippen molar-refractivity contribution in [2.24, 2.45) is 0 Å². The zero-order chi connectivity index (χ0) is 12.3. The fraction of sp³-hybridized carbons (Fsp3) is 0.0909. The summed E-state index contributed by atoms with van der Waals surface area (Å²) in [5.74, 6) is -1.14. The lowest BCUT2D eigenvalue weighted by Crippen LogP contribution is -2.10. The van der Waals surface area contributed by atoms with Gasteiger partial charge in [0.1, 0.15) is 0 Å². The number of rotatable bonds is 2. The summed E-state index contributed by atoms with van der Waals surface area (Å²) in [4.78, 5) is 6.50. The van der Waals surface area contributed by atoms with Gasteiger partial charge >= 0.3 is 6.18 Å². The number of aromatic nitrogens is 2. The molecule has 3 nitrogen and oxygen atoms in total. The van der Waals surface area contributed by atoms with Gasteiger partial charge in [0.25, 0.3) is 0 Å². The minimum atomic E-state index is -4.51. The molecular weight excluding hydrogens is 231 g/mol. The molecule has 0 bridgehead atoms. The van der Waals surface area contributed by atoms with Gasteiger partial charge in [-0.05, 0) is 12.1 Å². The number of hydrogen-bond acceptors (Lipinski definition) is 3. The molecule has 0 aliphatic rings. The number of alkyl halides is 3. The zero-order valence-corrected chi connectivity index (χ0v) is 8.57. The summed E-state index contributed by atoms with van der Waals surface area (Å²) in [6, 6.07) is 9.05. The van der Waals surface area contributed by atoms with Crippen LogP contribution in [-0.2, 0) is 6.18 Å². The van der Waals surface area contributed by atoms with E-state index >= 15 is 0 Å². The minimum Gasteiger partial charge on any atom is -0.353 e. The molecule has 2 aromatic rings. The lowest BCUT2D eigenvalue weighted by molar-refractivity contribution is -0.144. The van der Waals surface area contributed by atoms with Gasteiger partial charge in [-0.25, -0.2) is 9.97 Å². The molecule has 0 radical (unpaired) electrons. The quantitative estimate of drug-likeness (QED) is 0.874. The summed E-state index contributed by atoms with van der Waals surface area (Å²) < 4.78 is 36.6. The van der Waals surface area contributed by atoms with Gasteiger partial charge in [-0.3, -0.25) is 0 Å². The highest BCUT2D eigenvalue weighted by Crippen LogP contribution is 2.26. The van der Waals surface area contributed by atoms with Crippen molar-refractivity contribution in [1.82, 2.24) is 9.97 Å². The number of para-hydroxylation sites is 1. The third kappa shape index (κ3) is 2.93. The van der Waals surface area contributed by atoms with E-state index in [2.05, 4.69) is 15.3 Å². The van der Waals surface area contributed by atoms with Gasteiger partial charge in [0.2, 0.25) is 5.82 Å². The molecule has 1 aromatic heterocycles. The number of halogens is 3. The molecule has 0 spiro atoms. The number of benzene rings is 1. The summed E-state index contributed by atoms with van der Waals surface area (Å²) in [5.41, 5.74) is 1.17. The Morgan fingerprint density at radius 2 is 1.47 bits per heavy atom. The highest BCUT2D eigenvalue weighted by atomic mass is 19.4. The van der Waals surface area contributed by atoms with Crippen LogP contribution in [0.3, 0.4) is 0 Å². The van der Waals surface area contributed by atoms with Crippen LogP contribution in [0.1, 0.15) is 5.82 Å². The van der Waals surface area contributed by atoms with E-state index in [1.54, 1.807) is 12.1 Å². The summed E-state index contributed by atoms with van der Waals surface area (Å²) in [5, 5.41) is 2.89. The second kappa shape index (κ2) is 4.40. The summed E-state index contributed by atoms with van der Waals surface area (Å²) in [6.07, 6.45) is -2.31. The molecule has 0 aliphatic carbocycles. The highest BCUT2D eigenvalue weighted by molar-refractivity contribution is 5.57. The van der Waals surface area contributed by atoms with Crippen LogP contribution in [0.4, 0.5) is 24.5 Å². The molecule has 2 rings (SSSR count). The number of nitrogens with one attached hydrogen (secondary N) is 1. The molecule has 0 atom stereocenters. The molecule has 0 aliphatic heterocycles. The van der Waals surface area contributed by atoms with Crippen LogP contribution in [0.2, 0.25) is 0 Å². The Balaban J connectivity index is 2.14. The van der Waals surface area contributed by atoms with Crippen LogP contribution < -0.4 is 5.32 Å². The third-order valence-electron chi connectivity index (χ3n) is 1.97. The van der Waals surface area contributed by atoms with Crippen LogP contribution in [0.25, 0.3) is 0 Å². The summed E-state index contributed by atoms with van der Waals surface area (Å²) >= 11 is 0. The molecule has 88 valence electrons. The Labute approximate surface area is 95.3 Å². The predicted molar refractivity (Wildman–Crippen MR) is 56.8 cm³/mol. The first-order valence-corrected chi connectivity index (χ1v) is 4.77. The summed E-state index contributed by atoms with van der Waals surface area (Å²) in [7, 11) is 0. The average molecular weight is 239 g/mol. The Morgan fingerprint density at radius 3 is 2.00 bits per heavy atom. The molecule has 17 heavy (non-hydrogen) atoms. The molecule has 1 heterocycles. The topological polar surface area (TPSA) is 37.8 Å². The summed E-state index contributed by atoms with van der Waals surface area (Å²) in [6.45, 7) is 0. The van der Waals surface area contributed by atoms with Crippen molar-refractivity contribution in [3.05, 3.63) is 48.5 Å². The van der Waals surface area contributed by atoms with Crippen molar-refractivity contribution < 1.29 is 13.2 Å². The first kappa shape index (κ1) is 11.4. The lowest BCUT2D eigenvalue weighted by Gasteiger charge is -2.07. The zero-order valence-electron chi connectivity index (χ0n) is 8.57. The van der Waals surface area contributed by atoms with Crippen molar-refractivity contribution in [2.45, 2.75) is 6.18 Å². The Morgan fingerprint density at radius 1 is 0.882 bits per heavy atom. The van der Waals surface area contributed by atoms with E-state index in [1.165, 1.54) is 0 Å². The largest absolute Gasteiger partial charge is 0.451 e. The van der Waals surface area contributed by atoms with Gasteiger partial charge in [0, 0.05) is 5.69 Å². The third-order valence-corrected chi connectivity index (χ3v) is 1.97. The first-order valence-electron chi connectivity index (χ1n) is 4.77. The first-order chi connectivity index (χ1) is 8.05. The predicted octanol–water partition coefficient (Wildman–Crippen LogP) is 3.24. The number of nitrogens with zero attached hydrogens (tertiary/aromatic N) is 2. The monoisotopic (exact) mass is 239 g/mol. The van der Waals surface area contributed by atoms with Crippen molar-refractivity contribution in [1.29, 1.82) is 0 Å². The average Bonchev–Trinajstić information content (AvgIpc) is 2.30. The second-order valence-corrected chi connectivity index (χ2v) is 3.28. The Bertz CT molecular complexity index is 480. The highest BCUT2D eigenvalue weighted by Gasteiger charge is 2.34. The molecule has 1 aromatic carbocycles. The molecule has 6 heteroatoms. The van der Waals surface area contributed by atoms with E-state index in [9.17, 15) is 13.2 Å². The van der Waals surface area contributed by atoms with Crippen molar-refractivity contribution in [2.75, 3.05) is 5.32 Å². The number of hydrogen-bond donors (Lipinski definition) is 1. The maximum atomic E-state index is 12.2. The van der Waals surface area contributed by atoms with Crippen molar-refractivity contribution >= 4 is 11.4 Å². The fourth-order valence-electron chi connectivity index (χ4n) is 1.23. The van der Waals surface area contributed by atoms with E-state index in [4.69, 9.17) is 0 Å². The molecule has 0 amide bonds. The van der Waals surface area contributed by atoms with E-state index in [0.717, 1.165) is 18.1 Å². The van der Waals surface area contributed by atoms with E-state index in [1.807, 2.05) is 18.2 Å². The van der Waals surface area contributed by atoms with E-state index < -0.39 is 12.0 Å². The fourth-order valence-corrected chi connectivity index (χ4v) is 1.23. The van der Waals surface area contributed by atoms with Crippen molar-refractivity contribution in [3.8, 4) is 0 Å². The van der Waals surface area contributed by atoms with Gasteiger partial charge in [-0.1, -0.05) is 18.2 Å². The molecule has 1 N–H and O–H groups in total. The molecule has 0 saturated carbocycles. The maximum Gasteiger partial charge on any atom is 0.451 e. The minimum absolute atomic E-state index is 0.407. The molecule has 0 fully saturated rings. The Kier molecular flexibility index (Phi) is 2.95. The maximum absolute atomic E-state index is 12.2. The van der Waals surface area contributed by atoms with Crippen LogP contribution in [-0.4, -0.2) is 9.97 Å². The van der Waals surface area contributed by atoms with Crippen LogP contribution in [0, 0.1) is 0 Å². The van der Waals surface area contributed by atoms with Crippen LogP contribution in [0.5, 0.6) is 0 Å². The van der Waals surface area contributed by atoms with Gasteiger partial charge in [0.05, 0.1) is 18.1 Å². The second-order valence-electron chi connectivity index (χ2n) is 3.28. The van der Waals surface area contributed by atoms with Gasteiger partial charge in [-0.15, -0.1) is 0 Å². The van der Waals surface area contributed by atoms with Crippen LogP contribution in [0.15, 0.2) is 42.7 Å². The van der Waals surface area contributed by atoms with E-state index in [0.29, 0.717) is 5.69 Å².